The molecule has 0 saturated heterocycles. The summed E-state index contributed by atoms with van der Waals surface area (Å²) in [6, 6.07) is 64.6. The van der Waals surface area contributed by atoms with Gasteiger partial charge < -0.3 is 14.6 Å². The van der Waals surface area contributed by atoms with Gasteiger partial charge in [-0.3, -0.25) is 4.98 Å². The number of anilines is 3. The summed E-state index contributed by atoms with van der Waals surface area (Å²) in [6.45, 7) is 13.6. The number of rotatable bonds is 8. The van der Waals surface area contributed by atoms with Gasteiger partial charge in [0.15, 0.2) is 0 Å². The van der Waals surface area contributed by atoms with Crippen LogP contribution in [0.5, 0.6) is 11.5 Å². The number of nitrogens with zero attached hydrogens (tertiary/aromatic N) is 3. The van der Waals surface area contributed by atoms with Gasteiger partial charge in [0.05, 0.1) is 11.1 Å². The van der Waals surface area contributed by atoms with Crippen molar-refractivity contribution in [3.05, 3.63) is 222 Å². The first-order valence-corrected chi connectivity index (χ1v) is 20.3. The Labute approximate surface area is 369 Å². The van der Waals surface area contributed by atoms with Crippen molar-refractivity contribution in [1.29, 1.82) is 0 Å². The first kappa shape index (κ1) is 40.7. The van der Waals surface area contributed by atoms with Crippen molar-refractivity contribution in [2.45, 2.75) is 57.8 Å². The van der Waals surface area contributed by atoms with Crippen molar-refractivity contribution in [2.24, 2.45) is 0 Å². The Morgan fingerprint density at radius 2 is 1.07 bits per heavy atom. The van der Waals surface area contributed by atoms with E-state index in [4.69, 9.17) is 14.7 Å². The summed E-state index contributed by atoms with van der Waals surface area (Å²) in [5.74, 6) is 1.18. The first-order chi connectivity index (χ1) is 28.5. The second-order valence-electron chi connectivity index (χ2n) is 17.4. The van der Waals surface area contributed by atoms with Gasteiger partial charge in [-0.15, -0.1) is 41.5 Å². The molecule has 0 radical (unpaired) electrons. The van der Waals surface area contributed by atoms with E-state index in [-0.39, 0.29) is 31.9 Å². The van der Waals surface area contributed by atoms with Crippen LogP contribution in [0.2, 0.25) is 0 Å². The third-order valence-corrected chi connectivity index (χ3v) is 11.4. The molecule has 0 fully saturated rings. The summed E-state index contributed by atoms with van der Waals surface area (Å²) in [4.78, 5) is 12.2. The van der Waals surface area contributed by atoms with Crippen LogP contribution >= 0.6 is 0 Å². The number of ether oxygens (including phenoxy) is 1. The molecule has 60 heavy (non-hydrogen) atoms. The van der Waals surface area contributed by atoms with Crippen LogP contribution < -0.4 is 9.64 Å². The van der Waals surface area contributed by atoms with Crippen molar-refractivity contribution in [1.82, 2.24) is 9.97 Å². The van der Waals surface area contributed by atoms with Crippen molar-refractivity contribution in [3.63, 3.8) is 0 Å². The standard InChI is InChI=1S/C55H47N3O.Pt/c1-53(2,3)39-26-28-47-48-29-27-40(54(4,5)6)36-50(48)55(49(47)35-39,52-25-13-14-31-57-52)41-18-16-24-46(34-41)59-45-23-15-17-38(33-45)51-37-44(30-32-56-51)58(42-19-9-7-10-20-42)43-21-11-8-12-22-43;/h7-32,35-37H,1-6H3;/q-2;+2. The predicted molar refractivity (Wildman–Crippen MR) is 241 cm³/mol. The molecule has 5 heteroatoms. The molecule has 1 aliphatic rings. The maximum absolute atomic E-state index is 6.70. The molecule has 0 saturated carbocycles. The van der Waals surface area contributed by atoms with Crippen LogP contribution in [-0.2, 0) is 37.3 Å². The van der Waals surface area contributed by atoms with Crippen LogP contribution in [0.3, 0.4) is 0 Å². The molecule has 1 aliphatic carbocycles. The van der Waals surface area contributed by atoms with E-state index in [0.29, 0.717) is 11.5 Å². The third-order valence-electron chi connectivity index (χ3n) is 11.4. The molecule has 0 amide bonds. The van der Waals surface area contributed by atoms with E-state index in [9.17, 15) is 0 Å². The van der Waals surface area contributed by atoms with E-state index >= 15 is 0 Å². The minimum Gasteiger partial charge on any atom is -0.503 e. The molecule has 0 aliphatic heterocycles. The predicted octanol–water partition coefficient (Wildman–Crippen LogP) is 14.0. The molecule has 9 rings (SSSR count). The molecule has 298 valence electrons. The minimum atomic E-state index is -0.743. The van der Waals surface area contributed by atoms with E-state index < -0.39 is 5.41 Å². The van der Waals surface area contributed by atoms with Gasteiger partial charge in [0.25, 0.3) is 0 Å². The number of aromatic nitrogens is 2. The molecular formula is C55H47N3OPt. The van der Waals surface area contributed by atoms with Gasteiger partial charge in [-0.2, -0.15) is 12.1 Å². The molecule has 4 nitrogen and oxygen atoms in total. The summed E-state index contributed by atoms with van der Waals surface area (Å²) in [5.41, 5.74) is 13.2. The molecule has 8 aromatic rings. The molecule has 0 spiro atoms. The fourth-order valence-corrected chi connectivity index (χ4v) is 8.35. The Hall–Kier alpha value is -6.09. The van der Waals surface area contributed by atoms with Gasteiger partial charge in [0.1, 0.15) is 0 Å². The normalized spacial score (nSPS) is 12.8. The molecule has 0 atom stereocenters. The summed E-state index contributed by atoms with van der Waals surface area (Å²) in [7, 11) is 0. The summed E-state index contributed by atoms with van der Waals surface area (Å²) in [5, 5.41) is 0. The number of benzene rings is 6. The Balaban J connectivity index is 0.00000499. The van der Waals surface area contributed by atoms with Gasteiger partial charge >= 0.3 is 21.1 Å². The zero-order valence-electron chi connectivity index (χ0n) is 34.8. The smallest absolute Gasteiger partial charge is 0.503 e. The number of hydrogen-bond donors (Lipinski definition) is 0. The zero-order chi connectivity index (χ0) is 40.8. The summed E-state index contributed by atoms with van der Waals surface area (Å²) < 4.78 is 6.70. The second-order valence-corrected chi connectivity index (χ2v) is 17.4. The van der Waals surface area contributed by atoms with E-state index in [1.807, 2.05) is 60.9 Å². The Morgan fingerprint density at radius 1 is 0.500 bits per heavy atom. The Bertz CT molecular complexity index is 2670. The number of para-hydroxylation sites is 2. The summed E-state index contributed by atoms with van der Waals surface area (Å²) in [6.07, 6.45) is 3.76. The largest absolute Gasteiger partial charge is 2.00 e. The van der Waals surface area contributed by atoms with Gasteiger partial charge in [0.2, 0.25) is 0 Å². The van der Waals surface area contributed by atoms with Crippen molar-refractivity contribution < 1.29 is 25.8 Å². The SMILES string of the molecule is CC(C)(C)c1ccc2c(c1)C(c1[c-]c(Oc3[c-]c(-c4cc(N(c5ccccc5)c5ccccc5)ccn4)ccc3)ccc1)(c1ccccn1)c1cc(C(C)(C)C)ccc1-2.[Pt+2]. The van der Waals surface area contributed by atoms with Crippen LogP contribution in [0.15, 0.2) is 176 Å². The maximum Gasteiger partial charge on any atom is 2.00 e. The molecular weight excluding hydrogens is 914 g/mol. The molecule has 0 unspecified atom stereocenters. The topological polar surface area (TPSA) is 38.2 Å². The van der Waals surface area contributed by atoms with Gasteiger partial charge in [0, 0.05) is 41.0 Å². The molecule has 0 bridgehead atoms. The van der Waals surface area contributed by atoms with E-state index in [0.717, 1.165) is 39.6 Å². The monoisotopic (exact) mass is 960 g/mol. The summed E-state index contributed by atoms with van der Waals surface area (Å²) >= 11 is 0. The number of pyridine rings is 2. The van der Waals surface area contributed by atoms with E-state index in [1.165, 1.54) is 33.4 Å². The quantitative estimate of drug-likeness (QED) is 0.142. The zero-order valence-corrected chi connectivity index (χ0v) is 37.1. The van der Waals surface area contributed by atoms with Gasteiger partial charge in [-0.1, -0.05) is 133 Å². The van der Waals surface area contributed by atoms with Gasteiger partial charge in [-0.25, -0.2) is 0 Å². The van der Waals surface area contributed by atoms with Crippen LogP contribution in [-0.4, -0.2) is 9.97 Å². The first-order valence-electron chi connectivity index (χ1n) is 20.3. The van der Waals surface area contributed by atoms with Crippen molar-refractivity contribution in [3.8, 4) is 33.9 Å². The number of hydrogen-bond acceptors (Lipinski definition) is 4. The van der Waals surface area contributed by atoms with E-state index in [2.05, 4.69) is 174 Å². The van der Waals surface area contributed by atoms with Crippen molar-refractivity contribution in [2.75, 3.05) is 4.90 Å². The minimum absolute atomic E-state index is 0. The average molecular weight is 961 g/mol. The fraction of sp³-hybridized carbons (Fsp3) is 0.164. The van der Waals surface area contributed by atoms with Crippen LogP contribution in [0, 0.1) is 12.1 Å². The second kappa shape index (κ2) is 16.2. The van der Waals surface area contributed by atoms with E-state index in [1.54, 1.807) is 0 Å². The van der Waals surface area contributed by atoms with Crippen LogP contribution in [0.4, 0.5) is 17.1 Å². The molecule has 2 aromatic heterocycles. The molecule has 0 N–H and O–H groups in total. The Kier molecular flexibility index (Phi) is 11.0. The molecule has 2 heterocycles. The number of fused-ring (bicyclic) bond motifs is 3. The maximum atomic E-state index is 6.70. The van der Waals surface area contributed by atoms with Crippen LogP contribution in [0.1, 0.15) is 75.1 Å². The fourth-order valence-electron chi connectivity index (χ4n) is 8.35. The Morgan fingerprint density at radius 3 is 1.63 bits per heavy atom. The van der Waals surface area contributed by atoms with Gasteiger partial charge in [-0.05, 0) is 92.4 Å². The average Bonchev–Trinajstić information content (AvgIpc) is 3.55. The molecule has 6 aromatic carbocycles. The van der Waals surface area contributed by atoms with Crippen LogP contribution in [0.25, 0.3) is 22.4 Å². The third kappa shape index (κ3) is 7.50. The van der Waals surface area contributed by atoms with Crippen molar-refractivity contribution >= 4 is 17.1 Å².